The van der Waals surface area contributed by atoms with Gasteiger partial charge in [0.25, 0.3) is 5.78 Å². The number of amides is 1. The Labute approximate surface area is 179 Å². The number of hydrogen-bond donors (Lipinski definition) is 1. The second kappa shape index (κ2) is 9.86. The number of Topliss-reactive ketones (excluding diaryl/α,β-unsaturated/α-hetero) is 1. The van der Waals surface area contributed by atoms with Gasteiger partial charge >= 0.3 is 6.18 Å². The molecule has 31 heavy (non-hydrogen) atoms. The molecule has 1 aromatic carbocycles. The first-order valence-corrected chi connectivity index (χ1v) is 10.2. The van der Waals surface area contributed by atoms with Crippen LogP contribution in [0.25, 0.3) is 11.5 Å². The van der Waals surface area contributed by atoms with Crippen molar-refractivity contribution in [1.29, 1.82) is 0 Å². The molecule has 2 aromatic heterocycles. The Bertz CT molecular complexity index is 1040. The van der Waals surface area contributed by atoms with Gasteiger partial charge in [-0.2, -0.15) is 13.2 Å². The van der Waals surface area contributed by atoms with Crippen LogP contribution in [-0.2, 0) is 17.6 Å². The van der Waals surface area contributed by atoms with Gasteiger partial charge in [0.2, 0.25) is 11.8 Å². The van der Waals surface area contributed by atoms with E-state index in [1.54, 1.807) is 12.1 Å². The van der Waals surface area contributed by atoms with Gasteiger partial charge in [-0.25, -0.2) is 9.37 Å². The number of aromatic nitrogens is 1. The summed E-state index contributed by atoms with van der Waals surface area (Å²) in [5.74, 6) is -2.03. The summed E-state index contributed by atoms with van der Waals surface area (Å²) in [6.45, 7) is 0.345. The molecule has 3 aromatic rings. The van der Waals surface area contributed by atoms with Gasteiger partial charge in [-0.15, -0.1) is 11.3 Å². The third-order valence-corrected chi connectivity index (χ3v) is 5.46. The predicted octanol–water partition coefficient (Wildman–Crippen LogP) is 4.97. The number of aryl methyl sites for hydroxylation is 1. The smallest absolute Gasteiger partial charge is 0.444 e. The lowest BCUT2D eigenvalue weighted by Gasteiger charge is -2.03. The zero-order chi connectivity index (χ0) is 22.4. The molecule has 0 radical (unpaired) electrons. The molecule has 0 aliphatic heterocycles. The molecule has 0 spiro atoms. The van der Waals surface area contributed by atoms with Gasteiger partial charge in [-0.05, 0) is 49.2 Å². The summed E-state index contributed by atoms with van der Waals surface area (Å²) in [4.78, 5) is 27.7. The fourth-order valence-corrected chi connectivity index (χ4v) is 3.77. The summed E-state index contributed by atoms with van der Waals surface area (Å²) in [6, 6.07) is 8.37. The van der Waals surface area contributed by atoms with Crippen molar-refractivity contribution in [2.45, 2.75) is 31.9 Å². The van der Waals surface area contributed by atoms with Crippen LogP contribution in [0.5, 0.6) is 0 Å². The van der Waals surface area contributed by atoms with Crippen LogP contribution < -0.4 is 5.32 Å². The van der Waals surface area contributed by atoms with Gasteiger partial charge in [0.05, 0.1) is 10.6 Å². The molecule has 0 aliphatic carbocycles. The van der Waals surface area contributed by atoms with Crippen LogP contribution in [0.4, 0.5) is 17.6 Å². The number of thiophene rings is 1. The quantitative estimate of drug-likeness (QED) is 0.366. The van der Waals surface area contributed by atoms with E-state index in [2.05, 4.69) is 10.3 Å². The summed E-state index contributed by atoms with van der Waals surface area (Å²) in [5.41, 5.74) is 1.28. The zero-order valence-corrected chi connectivity index (χ0v) is 17.0. The molecular weight excluding hydrogens is 436 g/mol. The highest BCUT2D eigenvalue weighted by Gasteiger charge is 2.40. The minimum atomic E-state index is -4.88. The van der Waals surface area contributed by atoms with Crippen molar-refractivity contribution in [1.82, 2.24) is 10.3 Å². The number of carbonyl (C=O) groups is 2. The van der Waals surface area contributed by atoms with Gasteiger partial charge in [0, 0.05) is 29.8 Å². The van der Waals surface area contributed by atoms with Crippen LogP contribution in [0, 0.1) is 5.82 Å². The third-order valence-electron chi connectivity index (χ3n) is 4.32. The van der Waals surface area contributed by atoms with E-state index in [1.807, 2.05) is 0 Å². The first kappa shape index (κ1) is 22.7. The number of rotatable bonds is 9. The lowest BCUT2D eigenvalue weighted by atomic mass is 10.2. The van der Waals surface area contributed by atoms with Crippen molar-refractivity contribution >= 4 is 23.0 Å². The molecule has 2 heterocycles. The molecule has 1 amide bonds. The van der Waals surface area contributed by atoms with E-state index < -0.39 is 12.0 Å². The Hall–Kier alpha value is -3.01. The number of carbonyl (C=O) groups excluding carboxylic acids is 2. The van der Waals surface area contributed by atoms with E-state index in [0.29, 0.717) is 47.8 Å². The molecule has 0 saturated carbocycles. The zero-order valence-electron chi connectivity index (χ0n) is 16.2. The van der Waals surface area contributed by atoms with Gasteiger partial charge < -0.3 is 9.73 Å². The molecule has 0 unspecified atom stereocenters. The summed E-state index contributed by atoms with van der Waals surface area (Å²) in [6.07, 6.45) is -1.89. The SMILES string of the molecule is O=C(CCCc1ccc(C(=O)C(F)(F)F)s1)NCCc1coc(-c2ccc(F)cc2)n1. The van der Waals surface area contributed by atoms with Crippen molar-refractivity contribution in [3.05, 3.63) is 63.9 Å². The number of nitrogens with one attached hydrogen (secondary N) is 1. The Morgan fingerprint density at radius 3 is 2.52 bits per heavy atom. The second-order valence-corrected chi connectivity index (χ2v) is 7.87. The molecule has 0 atom stereocenters. The van der Waals surface area contributed by atoms with Crippen LogP contribution in [0.1, 0.15) is 33.1 Å². The molecule has 0 bridgehead atoms. The van der Waals surface area contributed by atoms with Crippen molar-refractivity contribution in [2.24, 2.45) is 0 Å². The van der Waals surface area contributed by atoms with E-state index in [4.69, 9.17) is 4.42 Å². The number of nitrogens with zero attached hydrogens (tertiary/aromatic N) is 1. The average molecular weight is 454 g/mol. The molecule has 0 saturated heterocycles. The maximum atomic E-state index is 13.0. The fraction of sp³-hybridized carbons (Fsp3) is 0.286. The number of halogens is 4. The molecule has 0 fully saturated rings. The van der Waals surface area contributed by atoms with Crippen LogP contribution in [0.3, 0.4) is 0 Å². The minimum Gasteiger partial charge on any atom is -0.444 e. The van der Waals surface area contributed by atoms with Crippen molar-refractivity contribution in [3.63, 3.8) is 0 Å². The minimum absolute atomic E-state index is 0.189. The molecule has 1 N–H and O–H groups in total. The third kappa shape index (κ3) is 6.48. The fourth-order valence-electron chi connectivity index (χ4n) is 2.76. The molecule has 5 nitrogen and oxygen atoms in total. The number of alkyl halides is 3. The van der Waals surface area contributed by atoms with E-state index >= 15 is 0 Å². The largest absolute Gasteiger partial charge is 0.455 e. The molecule has 164 valence electrons. The highest BCUT2D eigenvalue weighted by Crippen LogP contribution is 2.27. The standard InChI is InChI=1S/C21H18F4N2O3S/c22-14-6-4-13(5-7-14)20-27-15(12-30-20)10-11-26-18(28)3-1-2-16-8-9-17(31-16)19(29)21(23,24)25/h4-9,12H,1-3,10-11H2,(H,26,28). The maximum absolute atomic E-state index is 13.0. The Balaban J connectivity index is 1.37. The summed E-state index contributed by atoms with van der Waals surface area (Å²) < 4.78 is 55.6. The molecule has 3 rings (SSSR count). The molecular formula is C21H18F4N2O3S. The molecule has 10 heteroatoms. The van der Waals surface area contributed by atoms with Crippen LogP contribution >= 0.6 is 11.3 Å². The topological polar surface area (TPSA) is 72.2 Å². The lowest BCUT2D eigenvalue weighted by molar-refractivity contribution is -0.121. The van der Waals surface area contributed by atoms with Crippen LogP contribution in [-0.4, -0.2) is 29.4 Å². The van der Waals surface area contributed by atoms with Gasteiger partial charge in [0.1, 0.15) is 12.1 Å². The highest BCUT2D eigenvalue weighted by molar-refractivity contribution is 7.14. The normalized spacial score (nSPS) is 11.5. The molecule has 0 aliphatic rings. The summed E-state index contributed by atoms with van der Waals surface area (Å²) in [7, 11) is 0. The number of hydrogen-bond acceptors (Lipinski definition) is 5. The summed E-state index contributed by atoms with van der Waals surface area (Å²) >= 11 is 0.795. The average Bonchev–Trinajstić information content (AvgIpc) is 3.37. The highest BCUT2D eigenvalue weighted by atomic mass is 32.1. The van der Waals surface area contributed by atoms with E-state index in [0.717, 1.165) is 17.4 Å². The van der Waals surface area contributed by atoms with Gasteiger partial charge in [0.15, 0.2) is 0 Å². The first-order valence-electron chi connectivity index (χ1n) is 9.39. The van der Waals surface area contributed by atoms with Crippen LogP contribution in [0.15, 0.2) is 47.1 Å². The van der Waals surface area contributed by atoms with Crippen molar-refractivity contribution in [2.75, 3.05) is 6.54 Å². The number of oxazole rings is 1. The van der Waals surface area contributed by atoms with E-state index in [9.17, 15) is 27.2 Å². The van der Waals surface area contributed by atoms with E-state index in [1.165, 1.54) is 24.5 Å². The van der Waals surface area contributed by atoms with Crippen molar-refractivity contribution < 1.29 is 31.6 Å². The predicted molar refractivity (Wildman–Crippen MR) is 106 cm³/mol. The lowest BCUT2D eigenvalue weighted by Crippen LogP contribution is -2.25. The van der Waals surface area contributed by atoms with Gasteiger partial charge in [-0.3, -0.25) is 9.59 Å². The summed E-state index contributed by atoms with van der Waals surface area (Å²) in [5, 5.41) is 2.75. The van der Waals surface area contributed by atoms with E-state index in [-0.39, 0.29) is 23.0 Å². The Kier molecular flexibility index (Phi) is 7.21. The number of benzene rings is 1. The number of ketones is 1. The second-order valence-electron chi connectivity index (χ2n) is 6.70. The Morgan fingerprint density at radius 1 is 1.06 bits per heavy atom. The maximum Gasteiger partial charge on any atom is 0.455 e. The monoisotopic (exact) mass is 454 g/mol. The first-order chi connectivity index (χ1) is 14.7. The van der Waals surface area contributed by atoms with Gasteiger partial charge in [-0.1, -0.05) is 0 Å². The van der Waals surface area contributed by atoms with Crippen LogP contribution in [0.2, 0.25) is 0 Å². The Morgan fingerprint density at radius 2 is 1.81 bits per heavy atom. The van der Waals surface area contributed by atoms with Crippen molar-refractivity contribution in [3.8, 4) is 11.5 Å².